The van der Waals surface area contributed by atoms with Gasteiger partial charge in [-0.05, 0) is 126 Å². The van der Waals surface area contributed by atoms with Crippen molar-refractivity contribution in [2.45, 2.75) is 39.5 Å². The maximum Gasteiger partial charge on any atom is 0.0676 e. The van der Waals surface area contributed by atoms with Crippen molar-refractivity contribution in [2.75, 3.05) is 5.32 Å². The molecule has 1 heterocycles. The van der Waals surface area contributed by atoms with Crippen LogP contribution in [0.15, 0.2) is 151 Å². The monoisotopic (exact) mass is 632 g/mol. The Balaban J connectivity index is 1.16. The number of rotatable bonds is 5. The molecule has 2 aliphatic rings. The fourth-order valence-electron chi connectivity index (χ4n) is 8.57. The third-order valence-electron chi connectivity index (χ3n) is 11.0. The first-order chi connectivity index (χ1) is 23.9. The highest BCUT2D eigenvalue weighted by Gasteiger charge is 2.47. The van der Waals surface area contributed by atoms with E-state index in [-0.39, 0.29) is 5.41 Å². The molecule has 0 spiro atoms. The summed E-state index contributed by atoms with van der Waals surface area (Å²) in [5, 5.41) is 6.33. The average Bonchev–Trinajstić information content (AvgIpc) is 3.59. The molecule has 2 heteroatoms. The highest BCUT2D eigenvalue weighted by molar-refractivity contribution is 6.10. The molecular formula is C47H40N2. The number of fused-ring (bicyclic) bond motifs is 6. The number of allylic oxidation sites excluding steroid dienone is 4. The van der Waals surface area contributed by atoms with Gasteiger partial charge >= 0.3 is 0 Å². The van der Waals surface area contributed by atoms with E-state index in [0.717, 1.165) is 17.8 Å². The first-order valence-electron chi connectivity index (χ1n) is 17.5. The fourth-order valence-corrected chi connectivity index (χ4v) is 8.57. The number of nitrogens with one attached hydrogen (secondary N) is 1. The van der Waals surface area contributed by atoms with E-state index in [9.17, 15) is 0 Å². The Kier molecular flexibility index (Phi) is 6.78. The molecule has 238 valence electrons. The van der Waals surface area contributed by atoms with E-state index >= 15 is 0 Å². The third-order valence-corrected chi connectivity index (χ3v) is 11.0. The molecule has 2 nitrogen and oxygen atoms in total. The van der Waals surface area contributed by atoms with Gasteiger partial charge in [0.15, 0.2) is 0 Å². The van der Waals surface area contributed by atoms with E-state index in [0.29, 0.717) is 5.92 Å². The van der Waals surface area contributed by atoms with E-state index in [1.165, 1.54) is 77.6 Å². The molecule has 0 aliphatic heterocycles. The lowest BCUT2D eigenvalue weighted by Crippen LogP contribution is -2.31. The summed E-state index contributed by atoms with van der Waals surface area (Å²) in [6.45, 7) is 8.91. The highest BCUT2D eigenvalue weighted by Crippen LogP contribution is 2.57. The molecule has 0 saturated heterocycles. The molecule has 0 fully saturated rings. The molecule has 1 aromatic heterocycles. The Labute approximate surface area is 289 Å². The summed E-state index contributed by atoms with van der Waals surface area (Å²) in [5.74, 6) is 0.496. The lowest BCUT2D eigenvalue weighted by Gasteiger charge is -2.37. The third kappa shape index (κ3) is 4.54. The maximum absolute atomic E-state index is 3.77. The number of benzene rings is 6. The predicted octanol–water partition coefficient (Wildman–Crippen LogP) is 12.3. The molecule has 1 unspecified atom stereocenters. The predicted molar refractivity (Wildman–Crippen MR) is 207 cm³/mol. The summed E-state index contributed by atoms with van der Waals surface area (Å²) in [6, 6.07) is 47.5. The quantitative estimate of drug-likeness (QED) is 0.200. The summed E-state index contributed by atoms with van der Waals surface area (Å²) in [4.78, 5) is 0. The molecule has 1 atom stereocenters. The number of anilines is 2. The van der Waals surface area contributed by atoms with Gasteiger partial charge in [-0.25, -0.2) is 0 Å². The van der Waals surface area contributed by atoms with Gasteiger partial charge in [0.25, 0.3) is 0 Å². The first kappa shape index (κ1) is 29.5. The summed E-state index contributed by atoms with van der Waals surface area (Å²) in [7, 11) is 0. The SMILES string of the molecule is Cc1cccc(-n2c3cc(Nc4ccc(C5(C6=CC=CC(C)C6)c6ccccc6-c6ccccc65)cc4)ccc3c3cc(C)c(C)cc32)c1. The molecule has 6 aromatic carbocycles. The van der Waals surface area contributed by atoms with Gasteiger partial charge < -0.3 is 9.88 Å². The molecule has 0 amide bonds. The molecule has 2 aliphatic carbocycles. The number of hydrogen-bond acceptors (Lipinski definition) is 1. The van der Waals surface area contributed by atoms with Crippen LogP contribution in [0.25, 0.3) is 38.6 Å². The average molecular weight is 633 g/mol. The van der Waals surface area contributed by atoms with Crippen LogP contribution in [-0.4, -0.2) is 4.57 Å². The van der Waals surface area contributed by atoms with E-state index in [1.54, 1.807) is 0 Å². The normalized spacial score (nSPS) is 16.1. The van der Waals surface area contributed by atoms with Gasteiger partial charge in [0.2, 0.25) is 0 Å². The van der Waals surface area contributed by atoms with Crippen molar-refractivity contribution < 1.29 is 0 Å². The van der Waals surface area contributed by atoms with Crippen LogP contribution in [0.4, 0.5) is 11.4 Å². The molecule has 0 radical (unpaired) electrons. The molecule has 7 aromatic rings. The van der Waals surface area contributed by atoms with Crippen LogP contribution in [0.2, 0.25) is 0 Å². The summed E-state index contributed by atoms with van der Waals surface area (Å²) in [5.41, 5.74) is 17.6. The minimum Gasteiger partial charge on any atom is -0.355 e. The lowest BCUT2D eigenvalue weighted by atomic mass is 9.64. The van der Waals surface area contributed by atoms with Crippen molar-refractivity contribution >= 4 is 33.2 Å². The fraction of sp³-hybridized carbons (Fsp3) is 0.149. The molecular weight excluding hydrogens is 593 g/mol. The van der Waals surface area contributed by atoms with Gasteiger partial charge in [0.05, 0.1) is 16.4 Å². The first-order valence-corrected chi connectivity index (χ1v) is 17.5. The van der Waals surface area contributed by atoms with Crippen LogP contribution in [0.1, 0.15) is 46.7 Å². The van der Waals surface area contributed by atoms with Crippen LogP contribution >= 0.6 is 0 Å². The van der Waals surface area contributed by atoms with Crippen molar-refractivity contribution in [3.8, 4) is 16.8 Å². The van der Waals surface area contributed by atoms with Gasteiger partial charge in [-0.15, -0.1) is 0 Å². The van der Waals surface area contributed by atoms with E-state index in [2.05, 4.69) is 183 Å². The summed E-state index contributed by atoms with van der Waals surface area (Å²) >= 11 is 0. The van der Waals surface area contributed by atoms with E-state index in [1.807, 2.05) is 0 Å². The molecule has 49 heavy (non-hydrogen) atoms. The van der Waals surface area contributed by atoms with Gasteiger partial charge in [0.1, 0.15) is 0 Å². The molecule has 0 saturated carbocycles. The summed E-state index contributed by atoms with van der Waals surface area (Å²) in [6.07, 6.45) is 8.00. The molecule has 1 N–H and O–H groups in total. The zero-order valence-electron chi connectivity index (χ0n) is 28.6. The van der Waals surface area contributed by atoms with E-state index in [4.69, 9.17) is 0 Å². The zero-order chi connectivity index (χ0) is 33.3. The minimum absolute atomic E-state index is 0.325. The van der Waals surface area contributed by atoms with Crippen LogP contribution in [0.3, 0.4) is 0 Å². The van der Waals surface area contributed by atoms with Crippen molar-refractivity contribution in [2.24, 2.45) is 5.92 Å². The van der Waals surface area contributed by atoms with Crippen molar-refractivity contribution in [1.82, 2.24) is 4.57 Å². The smallest absolute Gasteiger partial charge is 0.0676 e. The second-order valence-electron chi connectivity index (χ2n) is 14.2. The van der Waals surface area contributed by atoms with E-state index < -0.39 is 0 Å². The van der Waals surface area contributed by atoms with Crippen LogP contribution < -0.4 is 5.32 Å². The van der Waals surface area contributed by atoms with Gasteiger partial charge in [-0.2, -0.15) is 0 Å². The van der Waals surface area contributed by atoms with Crippen LogP contribution in [0, 0.1) is 26.7 Å². The van der Waals surface area contributed by atoms with Gasteiger partial charge in [0, 0.05) is 27.8 Å². The standard InChI is InChI=1S/C47H40N2/c1-30-11-9-13-35(25-30)47(43-17-7-5-15-39(43)40-16-6-8-18-44(40)47)34-19-21-36(22-20-34)48-37-23-24-41-42-27-32(3)33(4)28-45(42)49(46(41)29-37)38-14-10-12-31(2)26-38/h5-24,26-30,48H,25H2,1-4H3. The highest BCUT2D eigenvalue weighted by atomic mass is 15.0. The van der Waals surface area contributed by atoms with Crippen molar-refractivity contribution in [1.29, 1.82) is 0 Å². The van der Waals surface area contributed by atoms with Crippen molar-refractivity contribution in [3.05, 3.63) is 185 Å². The summed E-state index contributed by atoms with van der Waals surface area (Å²) < 4.78 is 2.42. The number of aromatic nitrogens is 1. The Morgan fingerprint density at radius 3 is 2.02 bits per heavy atom. The van der Waals surface area contributed by atoms with Gasteiger partial charge in [-0.3, -0.25) is 0 Å². The van der Waals surface area contributed by atoms with Crippen molar-refractivity contribution in [3.63, 3.8) is 0 Å². The lowest BCUT2D eigenvalue weighted by molar-refractivity contribution is 0.615. The second-order valence-corrected chi connectivity index (χ2v) is 14.2. The largest absolute Gasteiger partial charge is 0.355 e. The Morgan fingerprint density at radius 1 is 0.633 bits per heavy atom. The van der Waals surface area contributed by atoms with Crippen LogP contribution in [0.5, 0.6) is 0 Å². The van der Waals surface area contributed by atoms with Crippen LogP contribution in [-0.2, 0) is 5.41 Å². The van der Waals surface area contributed by atoms with Gasteiger partial charge in [-0.1, -0.05) is 110 Å². The number of aryl methyl sites for hydroxylation is 3. The number of nitrogens with zero attached hydrogens (tertiary/aromatic N) is 1. The Hall–Kier alpha value is -5.60. The topological polar surface area (TPSA) is 17.0 Å². The second kappa shape index (κ2) is 11.2. The zero-order valence-corrected chi connectivity index (χ0v) is 28.6. The Bertz CT molecular complexity index is 2440. The maximum atomic E-state index is 3.77. The molecule has 0 bridgehead atoms. The number of hydrogen-bond donors (Lipinski definition) is 1. The molecule has 9 rings (SSSR count). The Morgan fingerprint density at radius 2 is 1.31 bits per heavy atom. The minimum atomic E-state index is -0.325.